The molecule has 0 aliphatic carbocycles. The van der Waals surface area contributed by atoms with Crippen LogP contribution in [0.3, 0.4) is 0 Å². The highest BCUT2D eigenvalue weighted by Crippen LogP contribution is 2.26. The van der Waals surface area contributed by atoms with Crippen LogP contribution >= 0.6 is 31.9 Å². The summed E-state index contributed by atoms with van der Waals surface area (Å²) in [7, 11) is 0. The maximum absolute atomic E-state index is 13.6. The first kappa shape index (κ1) is 16.0. The summed E-state index contributed by atoms with van der Waals surface area (Å²) in [5, 5.41) is 2.71. The number of nitrogen functional groups attached to an aromatic ring is 1. The molecule has 2 aromatic rings. The monoisotopic (exact) mass is 414 g/mol. The summed E-state index contributed by atoms with van der Waals surface area (Å²) in [5.41, 5.74) is 8.70. The van der Waals surface area contributed by atoms with E-state index in [4.69, 9.17) is 5.73 Å². The van der Waals surface area contributed by atoms with E-state index in [1.54, 1.807) is 32.0 Å². The number of carbonyl (C=O) groups is 1. The summed E-state index contributed by atoms with van der Waals surface area (Å²) >= 11 is 6.42. The van der Waals surface area contributed by atoms with Gasteiger partial charge in [-0.2, -0.15) is 0 Å². The molecule has 3 N–H and O–H groups in total. The predicted octanol–water partition coefficient (Wildman–Crippen LogP) is 4.80. The van der Waals surface area contributed by atoms with Gasteiger partial charge in [-0.3, -0.25) is 4.79 Å². The van der Waals surface area contributed by atoms with E-state index in [0.717, 1.165) is 10.0 Å². The molecule has 0 aliphatic heterocycles. The summed E-state index contributed by atoms with van der Waals surface area (Å²) in [6, 6.07) is 6.32. The van der Waals surface area contributed by atoms with Crippen LogP contribution in [0.1, 0.15) is 21.5 Å². The van der Waals surface area contributed by atoms with Gasteiger partial charge in [0.1, 0.15) is 5.82 Å². The third kappa shape index (κ3) is 3.44. The number of anilines is 2. The second-order valence-corrected chi connectivity index (χ2v) is 6.47. The number of nitrogens with one attached hydrogen (secondary N) is 1. The van der Waals surface area contributed by atoms with Gasteiger partial charge in [-0.25, -0.2) is 4.39 Å². The SMILES string of the molecule is Cc1cc(Br)c(F)cc1NC(=O)c1cc(Br)cc(N)c1C. The van der Waals surface area contributed by atoms with Crippen molar-refractivity contribution in [1.29, 1.82) is 0 Å². The summed E-state index contributed by atoms with van der Waals surface area (Å²) in [6.45, 7) is 3.56. The molecule has 0 spiro atoms. The van der Waals surface area contributed by atoms with E-state index in [0.29, 0.717) is 27.0 Å². The molecule has 0 radical (unpaired) electrons. The Hall–Kier alpha value is -1.40. The Morgan fingerprint density at radius 3 is 2.52 bits per heavy atom. The molecule has 1 amide bonds. The molecule has 2 aromatic carbocycles. The molecular weight excluding hydrogens is 403 g/mol. The van der Waals surface area contributed by atoms with Crippen molar-refractivity contribution in [2.75, 3.05) is 11.1 Å². The normalized spacial score (nSPS) is 10.5. The van der Waals surface area contributed by atoms with Gasteiger partial charge in [0.05, 0.1) is 4.47 Å². The van der Waals surface area contributed by atoms with E-state index in [9.17, 15) is 9.18 Å². The third-order valence-corrected chi connectivity index (χ3v) is 4.24. The van der Waals surface area contributed by atoms with Crippen LogP contribution in [0.5, 0.6) is 0 Å². The topological polar surface area (TPSA) is 55.1 Å². The summed E-state index contributed by atoms with van der Waals surface area (Å²) in [5.74, 6) is -0.758. The molecule has 110 valence electrons. The van der Waals surface area contributed by atoms with Crippen molar-refractivity contribution in [3.63, 3.8) is 0 Å². The van der Waals surface area contributed by atoms with Crippen molar-refractivity contribution < 1.29 is 9.18 Å². The van der Waals surface area contributed by atoms with Gasteiger partial charge >= 0.3 is 0 Å². The molecule has 0 aromatic heterocycles. The smallest absolute Gasteiger partial charge is 0.256 e. The average molecular weight is 416 g/mol. The van der Waals surface area contributed by atoms with Gasteiger partial charge in [0.25, 0.3) is 5.91 Å². The van der Waals surface area contributed by atoms with E-state index in [1.807, 2.05) is 0 Å². The zero-order valence-electron chi connectivity index (χ0n) is 11.4. The van der Waals surface area contributed by atoms with Crippen LogP contribution in [0.2, 0.25) is 0 Å². The Morgan fingerprint density at radius 1 is 1.19 bits per heavy atom. The van der Waals surface area contributed by atoms with Gasteiger partial charge < -0.3 is 11.1 Å². The first-order valence-corrected chi connectivity index (χ1v) is 7.71. The van der Waals surface area contributed by atoms with Gasteiger partial charge in [0, 0.05) is 21.4 Å². The van der Waals surface area contributed by atoms with Crippen molar-refractivity contribution in [2.45, 2.75) is 13.8 Å². The fourth-order valence-electron chi connectivity index (χ4n) is 1.91. The fourth-order valence-corrected chi connectivity index (χ4v) is 2.84. The highest BCUT2D eigenvalue weighted by atomic mass is 79.9. The Bertz CT molecular complexity index is 732. The summed E-state index contributed by atoms with van der Waals surface area (Å²) < 4.78 is 14.7. The Labute approximate surface area is 139 Å². The van der Waals surface area contributed by atoms with Crippen LogP contribution in [-0.4, -0.2) is 5.91 Å². The van der Waals surface area contributed by atoms with Crippen molar-refractivity contribution in [1.82, 2.24) is 0 Å². The largest absolute Gasteiger partial charge is 0.398 e. The number of nitrogens with two attached hydrogens (primary N) is 1. The van der Waals surface area contributed by atoms with E-state index in [2.05, 4.69) is 37.2 Å². The van der Waals surface area contributed by atoms with Crippen LogP contribution in [0.4, 0.5) is 15.8 Å². The quantitative estimate of drug-likeness (QED) is 0.692. The molecule has 6 heteroatoms. The van der Waals surface area contributed by atoms with Gasteiger partial charge in [0.2, 0.25) is 0 Å². The molecule has 0 saturated carbocycles. The second kappa shape index (κ2) is 6.15. The molecule has 3 nitrogen and oxygen atoms in total. The number of amides is 1. The fraction of sp³-hybridized carbons (Fsp3) is 0.133. The summed E-state index contributed by atoms with van der Waals surface area (Å²) in [6.07, 6.45) is 0. The number of benzene rings is 2. The van der Waals surface area contributed by atoms with E-state index in [-0.39, 0.29) is 5.91 Å². The molecule has 0 saturated heterocycles. The van der Waals surface area contributed by atoms with Gasteiger partial charge in [-0.05, 0) is 65.2 Å². The maximum Gasteiger partial charge on any atom is 0.256 e. The average Bonchev–Trinajstić information content (AvgIpc) is 2.40. The molecule has 0 heterocycles. The Morgan fingerprint density at radius 2 is 1.86 bits per heavy atom. The van der Waals surface area contributed by atoms with E-state index >= 15 is 0 Å². The lowest BCUT2D eigenvalue weighted by Gasteiger charge is -2.12. The lowest BCUT2D eigenvalue weighted by molar-refractivity contribution is 0.102. The lowest BCUT2D eigenvalue weighted by atomic mass is 10.1. The third-order valence-electron chi connectivity index (χ3n) is 3.17. The summed E-state index contributed by atoms with van der Waals surface area (Å²) in [4.78, 5) is 12.4. The van der Waals surface area contributed by atoms with E-state index in [1.165, 1.54) is 6.07 Å². The number of halogens is 3. The van der Waals surface area contributed by atoms with Crippen molar-refractivity contribution in [2.24, 2.45) is 0 Å². The number of hydrogen-bond acceptors (Lipinski definition) is 2. The predicted molar refractivity (Wildman–Crippen MR) is 90.1 cm³/mol. The second-order valence-electron chi connectivity index (χ2n) is 4.70. The van der Waals surface area contributed by atoms with Gasteiger partial charge in [-0.15, -0.1) is 0 Å². The number of carbonyl (C=O) groups excluding carboxylic acids is 1. The van der Waals surface area contributed by atoms with E-state index < -0.39 is 5.82 Å². The molecule has 2 rings (SSSR count). The highest BCUT2D eigenvalue weighted by Gasteiger charge is 2.14. The number of rotatable bonds is 2. The first-order chi connectivity index (χ1) is 9.79. The minimum absolute atomic E-state index is 0.328. The maximum atomic E-state index is 13.6. The zero-order chi connectivity index (χ0) is 15.7. The Balaban J connectivity index is 2.37. The lowest BCUT2D eigenvalue weighted by Crippen LogP contribution is -2.15. The van der Waals surface area contributed by atoms with Crippen molar-refractivity contribution in [3.05, 3.63) is 55.7 Å². The standard InChI is InChI=1S/C15H13Br2FN2O/c1-7-3-11(17)12(18)6-14(7)20-15(21)10-4-9(16)5-13(19)8(10)2/h3-6H,19H2,1-2H3,(H,20,21). The molecule has 0 bridgehead atoms. The molecule has 0 aliphatic rings. The molecule has 0 atom stereocenters. The first-order valence-electron chi connectivity index (χ1n) is 6.12. The number of aryl methyl sites for hydroxylation is 1. The van der Waals surface area contributed by atoms with Crippen LogP contribution < -0.4 is 11.1 Å². The van der Waals surface area contributed by atoms with Gasteiger partial charge in [0.15, 0.2) is 0 Å². The molecular formula is C15H13Br2FN2O. The van der Waals surface area contributed by atoms with Crippen molar-refractivity contribution >= 4 is 49.1 Å². The van der Waals surface area contributed by atoms with Crippen LogP contribution in [0.25, 0.3) is 0 Å². The highest BCUT2D eigenvalue weighted by molar-refractivity contribution is 9.10. The molecule has 0 unspecified atom stereocenters. The van der Waals surface area contributed by atoms with Crippen molar-refractivity contribution in [3.8, 4) is 0 Å². The van der Waals surface area contributed by atoms with Crippen LogP contribution in [-0.2, 0) is 0 Å². The Kier molecular flexibility index (Phi) is 4.68. The minimum atomic E-state index is -0.429. The zero-order valence-corrected chi connectivity index (χ0v) is 14.6. The van der Waals surface area contributed by atoms with Gasteiger partial charge in [-0.1, -0.05) is 15.9 Å². The molecule has 21 heavy (non-hydrogen) atoms. The molecule has 0 fully saturated rings. The minimum Gasteiger partial charge on any atom is -0.398 e. The van der Waals surface area contributed by atoms with Crippen LogP contribution in [0, 0.1) is 19.7 Å². The number of hydrogen-bond donors (Lipinski definition) is 2. The van der Waals surface area contributed by atoms with Crippen LogP contribution in [0.15, 0.2) is 33.2 Å².